The number of carboxylic acids is 1. The summed E-state index contributed by atoms with van der Waals surface area (Å²) in [5.41, 5.74) is 0.155. The quantitative estimate of drug-likeness (QED) is 0.846. The van der Waals surface area contributed by atoms with E-state index in [4.69, 9.17) is 16.7 Å². The summed E-state index contributed by atoms with van der Waals surface area (Å²) in [5, 5.41) is 11.3. The molecule has 2 rings (SSSR count). The average Bonchev–Trinajstić information content (AvgIpc) is 2.80. The molecule has 1 aromatic heterocycles. The van der Waals surface area contributed by atoms with Gasteiger partial charge < -0.3 is 5.11 Å². The van der Waals surface area contributed by atoms with Gasteiger partial charge in [0.1, 0.15) is 0 Å². The third kappa shape index (κ3) is 3.25. The highest BCUT2D eigenvalue weighted by molar-refractivity contribution is 7.98. The minimum atomic E-state index is -0.992. The van der Waals surface area contributed by atoms with Crippen molar-refractivity contribution >= 4 is 40.7 Å². The van der Waals surface area contributed by atoms with Crippen LogP contribution in [0.15, 0.2) is 40.6 Å². The van der Waals surface area contributed by atoms with E-state index in [1.807, 2.05) is 17.5 Å². The molecule has 2 nitrogen and oxygen atoms in total. The van der Waals surface area contributed by atoms with Gasteiger partial charge in [-0.05, 0) is 29.6 Å². The van der Waals surface area contributed by atoms with Gasteiger partial charge in [-0.2, -0.15) is 0 Å². The number of carbonyl (C=O) groups is 1. The SMILES string of the molecule is O=C(O)c1cc(SCc2cccs2)ccc1Cl. The van der Waals surface area contributed by atoms with Gasteiger partial charge in [-0.25, -0.2) is 4.79 Å². The summed E-state index contributed by atoms with van der Waals surface area (Å²) >= 11 is 9.10. The van der Waals surface area contributed by atoms with Crippen LogP contribution in [0.3, 0.4) is 0 Å². The van der Waals surface area contributed by atoms with Crippen molar-refractivity contribution in [3.8, 4) is 0 Å². The van der Waals surface area contributed by atoms with Gasteiger partial charge in [0.2, 0.25) is 0 Å². The Morgan fingerprint density at radius 1 is 1.41 bits per heavy atom. The van der Waals surface area contributed by atoms with Crippen LogP contribution in [-0.2, 0) is 5.75 Å². The van der Waals surface area contributed by atoms with E-state index in [0.29, 0.717) is 0 Å². The molecule has 0 spiro atoms. The lowest BCUT2D eigenvalue weighted by Gasteiger charge is -2.03. The summed E-state index contributed by atoms with van der Waals surface area (Å²) in [5.74, 6) is -0.146. The Bertz CT molecular complexity index is 523. The molecule has 5 heteroatoms. The number of rotatable bonds is 4. The van der Waals surface area contributed by atoms with Gasteiger partial charge in [-0.15, -0.1) is 23.1 Å². The number of carboxylic acid groups (broad SMARTS) is 1. The van der Waals surface area contributed by atoms with Crippen LogP contribution in [0.2, 0.25) is 5.02 Å². The minimum Gasteiger partial charge on any atom is -0.478 e. The molecule has 1 N–H and O–H groups in total. The van der Waals surface area contributed by atoms with Crippen LogP contribution in [0.1, 0.15) is 15.2 Å². The van der Waals surface area contributed by atoms with Crippen LogP contribution in [0.4, 0.5) is 0 Å². The Labute approximate surface area is 112 Å². The molecule has 88 valence electrons. The molecule has 0 aliphatic carbocycles. The van der Waals surface area contributed by atoms with Crippen molar-refractivity contribution in [2.45, 2.75) is 10.6 Å². The van der Waals surface area contributed by atoms with Gasteiger partial charge in [0.15, 0.2) is 0 Å². The van der Waals surface area contributed by atoms with Gasteiger partial charge in [0.25, 0.3) is 0 Å². The molecule has 2 aromatic rings. The maximum Gasteiger partial charge on any atom is 0.337 e. The summed E-state index contributed by atoms with van der Waals surface area (Å²) < 4.78 is 0. The second-order valence-electron chi connectivity index (χ2n) is 3.31. The molecule has 0 radical (unpaired) electrons. The second kappa shape index (κ2) is 5.58. The van der Waals surface area contributed by atoms with Gasteiger partial charge in [-0.1, -0.05) is 17.7 Å². The normalized spacial score (nSPS) is 10.4. The number of thiophene rings is 1. The minimum absolute atomic E-state index is 0.155. The number of halogens is 1. The van der Waals surface area contributed by atoms with Crippen molar-refractivity contribution in [2.75, 3.05) is 0 Å². The monoisotopic (exact) mass is 284 g/mol. The molecular formula is C12H9ClO2S2. The van der Waals surface area contributed by atoms with Gasteiger partial charge in [0.05, 0.1) is 10.6 Å². The van der Waals surface area contributed by atoms with E-state index in [1.165, 1.54) is 4.88 Å². The maximum absolute atomic E-state index is 10.9. The van der Waals surface area contributed by atoms with Crippen molar-refractivity contribution in [1.82, 2.24) is 0 Å². The number of hydrogen-bond donors (Lipinski definition) is 1. The molecule has 0 aliphatic rings. The molecular weight excluding hydrogens is 276 g/mol. The first-order valence-corrected chi connectivity index (χ1v) is 7.09. The molecule has 0 aliphatic heterocycles. The number of benzene rings is 1. The van der Waals surface area contributed by atoms with Crippen molar-refractivity contribution in [3.63, 3.8) is 0 Å². The zero-order valence-electron chi connectivity index (χ0n) is 8.72. The van der Waals surface area contributed by atoms with Crippen LogP contribution < -0.4 is 0 Å². The van der Waals surface area contributed by atoms with Crippen LogP contribution in [0, 0.1) is 0 Å². The summed E-state index contributed by atoms with van der Waals surface area (Å²) in [6, 6.07) is 9.15. The van der Waals surface area contributed by atoms with Gasteiger partial charge in [0, 0.05) is 15.5 Å². The van der Waals surface area contributed by atoms with E-state index in [9.17, 15) is 4.79 Å². The predicted molar refractivity (Wildman–Crippen MR) is 72.3 cm³/mol. The smallest absolute Gasteiger partial charge is 0.337 e. The fraction of sp³-hybridized carbons (Fsp3) is 0.0833. The van der Waals surface area contributed by atoms with Crippen molar-refractivity contribution < 1.29 is 9.90 Å². The Morgan fingerprint density at radius 2 is 2.24 bits per heavy atom. The second-order valence-corrected chi connectivity index (χ2v) is 5.80. The lowest BCUT2D eigenvalue weighted by molar-refractivity contribution is 0.0697. The van der Waals surface area contributed by atoms with E-state index >= 15 is 0 Å². The maximum atomic E-state index is 10.9. The lowest BCUT2D eigenvalue weighted by atomic mass is 10.2. The molecule has 0 amide bonds. The Hall–Kier alpha value is -0.970. The Morgan fingerprint density at radius 3 is 2.88 bits per heavy atom. The van der Waals surface area contributed by atoms with E-state index < -0.39 is 5.97 Å². The highest BCUT2D eigenvalue weighted by Gasteiger charge is 2.09. The molecule has 0 fully saturated rings. The van der Waals surface area contributed by atoms with Crippen LogP contribution in [0.5, 0.6) is 0 Å². The molecule has 0 saturated carbocycles. The molecule has 1 heterocycles. The summed E-state index contributed by atoms with van der Waals surface area (Å²) in [6.45, 7) is 0. The zero-order chi connectivity index (χ0) is 12.3. The van der Waals surface area contributed by atoms with Gasteiger partial charge >= 0.3 is 5.97 Å². The van der Waals surface area contributed by atoms with Crippen molar-refractivity contribution in [1.29, 1.82) is 0 Å². The van der Waals surface area contributed by atoms with E-state index in [-0.39, 0.29) is 10.6 Å². The average molecular weight is 285 g/mol. The number of thioether (sulfide) groups is 1. The Balaban J connectivity index is 2.11. The fourth-order valence-electron chi connectivity index (χ4n) is 1.31. The van der Waals surface area contributed by atoms with Gasteiger partial charge in [-0.3, -0.25) is 0 Å². The molecule has 0 saturated heterocycles. The summed E-state index contributed by atoms with van der Waals surface area (Å²) in [4.78, 5) is 13.1. The summed E-state index contributed by atoms with van der Waals surface area (Å²) in [7, 11) is 0. The van der Waals surface area contributed by atoms with Crippen molar-refractivity contribution in [2.24, 2.45) is 0 Å². The lowest BCUT2D eigenvalue weighted by Crippen LogP contribution is -1.97. The fourth-order valence-corrected chi connectivity index (χ4v) is 3.21. The Kier molecular flexibility index (Phi) is 4.10. The van der Waals surface area contributed by atoms with Crippen LogP contribution in [-0.4, -0.2) is 11.1 Å². The standard InChI is InChI=1S/C12H9ClO2S2/c13-11-4-3-8(6-10(11)12(14)15)17-7-9-2-1-5-16-9/h1-6H,7H2,(H,14,15). The number of aromatic carboxylic acids is 1. The topological polar surface area (TPSA) is 37.3 Å². The zero-order valence-corrected chi connectivity index (χ0v) is 11.1. The molecule has 1 aromatic carbocycles. The third-order valence-electron chi connectivity index (χ3n) is 2.13. The van der Waals surface area contributed by atoms with E-state index in [2.05, 4.69) is 6.07 Å². The molecule has 0 atom stereocenters. The first kappa shape index (κ1) is 12.5. The molecule has 17 heavy (non-hydrogen) atoms. The first-order valence-electron chi connectivity index (χ1n) is 4.85. The highest BCUT2D eigenvalue weighted by atomic mass is 35.5. The highest BCUT2D eigenvalue weighted by Crippen LogP contribution is 2.28. The third-order valence-corrected chi connectivity index (χ3v) is 4.56. The summed E-state index contributed by atoms with van der Waals surface area (Å²) in [6.07, 6.45) is 0. The molecule has 0 unspecified atom stereocenters. The van der Waals surface area contributed by atoms with Crippen molar-refractivity contribution in [3.05, 3.63) is 51.2 Å². The van der Waals surface area contributed by atoms with E-state index in [0.717, 1.165) is 10.6 Å². The van der Waals surface area contributed by atoms with E-state index in [1.54, 1.807) is 35.2 Å². The molecule has 0 bridgehead atoms. The first-order chi connectivity index (χ1) is 8.16. The predicted octanol–water partition coefficient (Wildman–Crippen LogP) is 4.39. The number of hydrogen-bond acceptors (Lipinski definition) is 3. The largest absolute Gasteiger partial charge is 0.478 e. The van der Waals surface area contributed by atoms with Crippen LogP contribution >= 0.6 is 34.7 Å². The van der Waals surface area contributed by atoms with Crippen LogP contribution in [0.25, 0.3) is 0 Å².